The summed E-state index contributed by atoms with van der Waals surface area (Å²) in [4.78, 5) is 23.3. The van der Waals surface area contributed by atoms with Crippen molar-refractivity contribution in [2.45, 2.75) is 174 Å². The standard InChI is InChI=1S/C46H83N2O8P/c1-7-9-11-12-13-14-15-16-17-18-19-20-21-24-31-54-36-41(37-56-57(52,53)55-32-30-48(4,5)6)47-46(51)27-23-22-26-39-33-40-35-45(50)42(43(40)34-39)28-29-44(49)38(3)25-10-8-2/h26,28-29,38,40-45,49-50H,7,9,11-25,27,30-37H2,1-6H3,(H-,47,51,52,53)/p+1/b29-28+,39-26+/t38?,40?,41?,42-,43?,44-,45-/m1/s1. The molecule has 4 N–H and O–H groups in total. The molecule has 5 unspecified atom stereocenters. The SMILES string of the molecule is CC#CCC(C)[C@H](O)/C=C/[C@@H]1C2C/C(=C/CCCC(=O)NC(COCCCCCCCCCCCCCCCC)COP(=O)(O)OCC[N+](C)(C)C)CC2C[C@H]1O. The highest BCUT2D eigenvalue weighted by Gasteiger charge is 2.45. The molecule has 0 aliphatic heterocycles. The number of carbonyl (C=O) groups excluding carboxylic acids is 1. The Hall–Kier alpha value is -1.54. The zero-order valence-electron chi connectivity index (χ0n) is 36.9. The maximum Gasteiger partial charge on any atom is 0.472 e. The summed E-state index contributed by atoms with van der Waals surface area (Å²) in [5, 5.41) is 24.3. The number of nitrogens with one attached hydrogen (secondary N) is 1. The fourth-order valence-corrected chi connectivity index (χ4v) is 8.79. The van der Waals surface area contributed by atoms with Gasteiger partial charge in [0.1, 0.15) is 13.2 Å². The molecule has 0 aromatic heterocycles. The largest absolute Gasteiger partial charge is 0.472 e. The molecule has 0 radical (unpaired) electrons. The number of phosphoric ester groups is 1. The zero-order valence-corrected chi connectivity index (χ0v) is 37.8. The Labute approximate surface area is 348 Å². The number of carbonyl (C=O) groups is 1. The van der Waals surface area contributed by atoms with Crippen LogP contribution in [-0.2, 0) is 23.1 Å². The predicted molar refractivity (Wildman–Crippen MR) is 232 cm³/mol. The summed E-state index contributed by atoms with van der Waals surface area (Å²) in [6, 6.07) is -0.573. The van der Waals surface area contributed by atoms with Crippen molar-refractivity contribution in [1.29, 1.82) is 0 Å². The maximum absolute atomic E-state index is 13.0. The highest BCUT2D eigenvalue weighted by molar-refractivity contribution is 7.47. The van der Waals surface area contributed by atoms with E-state index in [1.165, 1.54) is 82.6 Å². The van der Waals surface area contributed by atoms with Gasteiger partial charge in [0.25, 0.3) is 0 Å². The number of aliphatic hydroxyl groups excluding tert-OH is 2. The molecule has 2 saturated carbocycles. The molecule has 57 heavy (non-hydrogen) atoms. The van der Waals surface area contributed by atoms with Gasteiger partial charge in [-0.05, 0) is 63.2 Å². The second-order valence-electron chi connectivity index (χ2n) is 18.0. The van der Waals surface area contributed by atoms with E-state index in [1.54, 1.807) is 6.92 Å². The second kappa shape index (κ2) is 29.6. The van der Waals surface area contributed by atoms with Crippen molar-refractivity contribution in [2.24, 2.45) is 23.7 Å². The minimum Gasteiger partial charge on any atom is -0.392 e. The Balaban J connectivity index is 1.74. The number of fused-ring (bicyclic) bond motifs is 1. The molecule has 330 valence electrons. The number of amides is 1. The first-order valence-electron chi connectivity index (χ1n) is 22.7. The van der Waals surface area contributed by atoms with Gasteiger partial charge in [-0.1, -0.05) is 121 Å². The number of rotatable bonds is 33. The summed E-state index contributed by atoms with van der Waals surface area (Å²) in [6.07, 6.45) is 28.3. The number of aliphatic hydroxyl groups is 2. The van der Waals surface area contributed by atoms with Gasteiger partial charge < -0.3 is 29.6 Å². The quantitative estimate of drug-likeness (QED) is 0.0169. The van der Waals surface area contributed by atoms with Gasteiger partial charge in [-0.15, -0.1) is 11.8 Å². The van der Waals surface area contributed by atoms with Crippen LogP contribution in [0.2, 0.25) is 0 Å². The summed E-state index contributed by atoms with van der Waals surface area (Å²) in [6.45, 7) is 7.27. The molecule has 2 rings (SSSR count). The molecule has 0 aromatic rings. The molecule has 10 nitrogen and oxygen atoms in total. The Kier molecular flexibility index (Phi) is 26.8. The van der Waals surface area contributed by atoms with E-state index in [2.05, 4.69) is 30.2 Å². The molecule has 11 heteroatoms. The van der Waals surface area contributed by atoms with Gasteiger partial charge in [0.2, 0.25) is 5.91 Å². The van der Waals surface area contributed by atoms with Gasteiger partial charge in [-0.3, -0.25) is 13.8 Å². The number of nitrogens with zero attached hydrogens (tertiary/aromatic N) is 1. The Morgan fingerprint density at radius 2 is 1.56 bits per heavy atom. The van der Waals surface area contributed by atoms with Crippen LogP contribution < -0.4 is 5.32 Å². The third-order valence-corrected chi connectivity index (χ3v) is 12.6. The maximum atomic E-state index is 13.0. The molecule has 2 aliphatic carbocycles. The lowest BCUT2D eigenvalue weighted by Gasteiger charge is -2.24. The summed E-state index contributed by atoms with van der Waals surface area (Å²) in [5.74, 6) is 6.67. The third kappa shape index (κ3) is 24.3. The van der Waals surface area contributed by atoms with E-state index in [-0.39, 0.29) is 43.7 Å². The van der Waals surface area contributed by atoms with Crippen molar-refractivity contribution in [3.05, 3.63) is 23.8 Å². The zero-order chi connectivity index (χ0) is 41.9. The normalized spacial score (nSPS) is 22.9. The van der Waals surface area contributed by atoms with Gasteiger partial charge in [-0.25, -0.2) is 4.57 Å². The number of unbranched alkanes of at least 4 members (excludes halogenated alkanes) is 14. The van der Waals surface area contributed by atoms with Crippen LogP contribution in [0.3, 0.4) is 0 Å². The number of ether oxygens (including phenoxy) is 1. The highest BCUT2D eigenvalue weighted by atomic mass is 31.2. The minimum absolute atomic E-state index is 0.0406. The molecule has 0 bridgehead atoms. The Morgan fingerprint density at radius 1 is 0.930 bits per heavy atom. The van der Waals surface area contributed by atoms with E-state index in [1.807, 2.05) is 40.2 Å². The van der Waals surface area contributed by atoms with Crippen LogP contribution >= 0.6 is 7.82 Å². The second-order valence-corrected chi connectivity index (χ2v) is 19.5. The van der Waals surface area contributed by atoms with Crippen molar-refractivity contribution in [1.82, 2.24) is 5.32 Å². The number of hydrogen-bond acceptors (Lipinski definition) is 7. The average molecular weight is 824 g/mol. The van der Waals surface area contributed by atoms with Gasteiger partial charge in [-0.2, -0.15) is 0 Å². The van der Waals surface area contributed by atoms with E-state index in [0.29, 0.717) is 48.7 Å². The number of phosphoric acid groups is 1. The van der Waals surface area contributed by atoms with E-state index in [4.69, 9.17) is 13.8 Å². The van der Waals surface area contributed by atoms with Gasteiger partial charge >= 0.3 is 7.82 Å². The molecule has 0 saturated heterocycles. The van der Waals surface area contributed by atoms with Gasteiger partial charge in [0, 0.05) is 25.4 Å². The Morgan fingerprint density at radius 3 is 2.18 bits per heavy atom. The molecule has 0 aromatic carbocycles. The van der Waals surface area contributed by atoms with Crippen LogP contribution in [0.5, 0.6) is 0 Å². The lowest BCUT2D eigenvalue weighted by atomic mass is 9.89. The summed E-state index contributed by atoms with van der Waals surface area (Å²) >= 11 is 0. The number of hydrogen-bond donors (Lipinski definition) is 4. The van der Waals surface area contributed by atoms with Gasteiger partial charge in [0.05, 0.1) is 52.6 Å². The average Bonchev–Trinajstić information content (AvgIpc) is 3.68. The molecular formula is C46H84N2O8P+. The Bertz CT molecular complexity index is 1260. The van der Waals surface area contributed by atoms with E-state index >= 15 is 0 Å². The fourth-order valence-electron chi connectivity index (χ4n) is 8.03. The summed E-state index contributed by atoms with van der Waals surface area (Å²) < 4.78 is 29.6. The molecule has 2 aliphatic rings. The highest BCUT2D eigenvalue weighted by Crippen LogP contribution is 2.50. The van der Waals surface area contributed by atoms with Crippen molar-refractivity contribution >= 4 is 13.7 Å². The van der Waals surface area contributed by atoms with E-state index in [9.17, 15) is 24.5 Å². The van der Waals surface area contributed by atoms with Crippen LogP contribution in [0.1, 0.15) is 156 Å². The first-order valence-corrected chi connectivity index (χ1v) is 24.2. The monoisotopic (exact) mass is 824 g/mol. The lowest BCUT2D eigenvalue weighted by molar-refractivity contribution is -0.870. The third-order valence-electron chi connectivity index (χ3n) is 11.6. The molecule has 0 spiro atoms. The van der Waals surface area contributed by atoms with Crippen LogP contribution in [0.4, 0.5) is 0 Å². The molecule has 1 amide bonds. The minimum atomic E-state index is -4.29. The first kappa shape index (κ1) is 51.6. The van der Waals surface area contributed by atoms with Crippen LogP contribution in [0.25, 0.3) is 0 Å². The topological polar surface area (TPSA) is 135 Å². The first-order chi connectivity index (χ1) is 27.2. The lowest BCUT2D eigenvalue weighted by Crippen LogP contribution is -2.41. The van der Waals surface area contributed by atoms with Crippen molar-refractivity contribution in [3.8, 4) is 11.8 Å². The van der Waals surface area contributed by atoms with Crippen molar-refractivity contribution in [3.63, 3.8) is 0 Å². The molecule has 0 heterocycles. The molecule has 2 fully saturated rings. The van der Waals surface area contributed by atoms with Crippen LogP contribution in [0, 0.1) is 35.5 Å². The number of allylic oxidation sites excluding steroid dienone is 2. The fraction of sp³-hybridized carbons (Fsp3) is 0.848. The molecular weight excluding hydrogens is 739 g/mol. The molecule has 8 atom stereocenters. The van der Waals surface area contributed by atoms with Crippen LogP contribution in [0.15, 0.2) is 23.8 Å². The summed E-state index contributed by atoms with van der Waals surface area (Å²) in [7, 11) is 1.64. The van der Waals surface area contributed by atoms with Gasteiger partial charge in [0.15, 0.2) is 0 Å². The number of quaternary nitrogens is 1. The van der Waals surface area contributed by atoms with Crippen molar-refractivity contribution < 1.29 is 42.7 Å². The summed E-state index contributed by atoms with van der Waals surface area (Å²) in [5.41, 5.74) is 1.38. The van der Waals surface area contributed by atoms with Crippen molar-refractivity contribution in [2.75, 3.05) is 54.1 Å². The smallest absolute Gasteiger partial charge is 0.392 e. The van der Waals surface area contributed by atoms with E-state index < -0.39 is 20.0 Å². The van der Waals surface area contributed by atoms with Crippen LogP contribution in [-0.4, -0.2) is 97.9 Å². The van der Waals surface area contributed by atoms with E-state index in [0.717, 1.165) is 38.5 Å². The number of likely N-dealkylation sites (N-methyl/N-ethyl adjacent to an activating group) is 1. The predicted octanol–water partition coefficient (Wildman–Crippen LogP) is 9.28.